The molecule has 0 atom stereocenters. The molecule has 0 unspecified atom stereocenters. The maximum atomic E-state index is 5.36. The summed E-state index contributed by atoms with van der Waals surface area (Å²) in [5, 5.41) is 0. The molecule has 68 valence electrons. The van der Waals surface area contributed by atoms with Gasteiger partial charge in [-0.25, -0.2) is 4.98 Å². The topological polar surface area (TPSA) is 17.8 Å². The molecule has 0 bridgehead atoms. The van der Waals surface area contributed by atoms with Crippen molar-refractivity contribution >= 4 is 0 Å². The summed E-state index contributed by atoms with van der Waals surface area (Å²) in [6.45, 7) is 2.05. The number of imidazole rings is 1. The second kappa shape index (κ2) is 3.39. The zero-order valence-electron chi connectivity index (χ0n) is 7.94. The molecule has 2 aromatic rings. The zero-order valence-corrected chi connectivity index (χ0v) is 7.94. The first-order valence-corrected chi connectivity index (χ1v) is 4.39. The molecule has 14 heavy (non-hydrogen) atoms. The minimum Gasteiger partial charge on any atom is -0.259 e. The Morgan fingerprint density at radius 3 is 2.86 bits per heavy atom. The van der Waals surface area contributed by atoms with Gasteiger partial charge in [-0.05, 0) is 12.5 Å². The zero-order chi connectivity index (χ0) is 9.97. The van der Waals surface area contributed by atoms with Crippen LogP contribution in [-0.4, -0.2) is 9.55 Å². The molecule has 0 saturated heterocycles. The van der Waals surface area contributed by atoms with Crippen molar-refractivity contribution in [2.75, 3.05) is 0 Å². The van der Waals surface area contributed by atoms with Gasteiger partial charge in [0.2, 0.25) is 0 Å². The molecule has 0 fully saturated rings. The number of hydrogen-bond donors (Lipinski definition) is 0. The van der Waals surface area contributed by atoms with Crippen LogP contribution in [0.2, 0.25) is 0 Å². The highest BCUT2D eigenvalue weighted by Gasteiger charge is 2.05. The van der Waals surface area contributed by atoms with Gasteiger partial charge in [-0.3, -0.25) is 4.57 Å². The lowest BCUT2D eigenvalue weighted by molar-refractivity contribution is 1.12. The van der Waals surface area contributed by atoms with Crippen molar-refractivity contribution < 1.29 is 0 Å². The van der Waals surface area contributed by atoms with Gasteiger partial charge >= 0.3 is 0 Å². The van der Waals surface area contributed by atoms with E-state index in [0.717, 1.165) is 11.4 Å². The van der Waals surface area contributed by atoms with E-state index >= 15 is 0 Å². The van der Waals surface area contributed by atoms with Gasteiger partial charge < -0.3 is 0 Å². The Morgan fingerprint density at radius 1 is 1.36 bits per heavy atom. The second-order valence-corrected chi connectivity index (χ2v) is 3.06. The number of nitrogens with zero attached hydrogens (tertiary/aromatic N) is 2. The van der Waals surface area contributed by atoms with E-state index in [1.165, 1.54) is 5.56 Å². The minimum atomic E-state index is 0.825. The second-order valence-electron chi connectivity index (χ2n) is 3.06. The van der Waals surface area contributed by atoms with Crippen LogP contribution in [0.4, 0.5) is 0 Å². The lowest BCUT2D eigenvalue weighted by atomic mass is 10.1. The molecule has 2 rings (SSSR count). The van der Waals surface area contributed by atoms with Crippen LogP contribution in [0.3, 0.4) is 0 Å². The first kappa shape index (κ1) is 8.58. The highest BCUT2D eigenvalue weighted by atomic mass is 15.0. The molecular formula is C12H10N2. The Bertz CT molecular complexity index is 489. The van der Waals surface area contributed by atoms with Gasteiger partial charge in [0.05, 0.1) is 0 Å². The molecule has 0 aliphatic rings. The molecule has 1 aromatic carbocycles. The molecule has 1 heterocycles. The van der Waals surface area contributed by atoms with Crippen LogP contribution in [0.1, 0.15) is 5.56 Å². The third-order valence-corrected chi connectivity index (χ3v) is 2.17. The molecule has 2 heteroatoms. The van der Waals surface area contributed by atoms with Crippen LogP contribution in [0.15, 0.2) is 36.7 Å². The average molecular weight is 182 g/mol. The lowest BCUT2D eigenvalue weighted by Gasteiger charge is -2.03. The summed E-state index contributed by atoms with van der Waals surface area (Å²) in [6, 6.07) is 10.6. The van der Waals surface area contributed by atoms with E-state index in [2.05, 4.69) is 11.0 Å². The van der Waals surface area contributed by atoms with Gasteiger partial charge in [-0.2, -0.15) is 0 Å². The summed E-state index contributed by atoms with van der Waals surface area (Å²) in [7, 11) is 0. The Hall–Kier alpha value is -2.01. The Balaban J connectivity index is 2.62. The van der Waals surface area contributed by atoms with Crippen molar-refractivity contribution in [1.29, 1.82) is 0 Å². The molecule has 0 aliphatic carbocycles. The summed E-state index contributed by atoms with van der Waals surface area (Å²) in [6.07, 6.45) is 8.84. The molecule has 1 aromatic heterocycles. The lowest BCUT2D eigenvalue weighted by Crippen LogP contribution is -1.92. The van der Waals surface area contributed by atoms with Crippen molar-refractivity contribution in [2.45, 2.75) is 6.92 Å². The first-order chi connectivity index (χ1) is 6.83. The summed E-state index contributed by atoms with van der Waals surface area (Å²) < 4.78 is 1.68. The number of terminal acetylenes is 1. The normalized spacial score (nSPS) is 9.71. The van der Waals surface area contributed by atoms with E-state index in [0.29, 0.717) is 0 Å². The van der Waals surface area contributed by atoms with Crippen molar-refractivity contribution in [3.63, 3.8) is 0 Å². The smallest absolute Gasteiger partial charge is 0.151 e. The van der Waals surface area contributed by atoms with Gasteiger partial charge in [-0.15, -0.1) is 0 Å². The quantitative estimate of drug-likeness (QED) is 0.619. The molecule has 0 aliphatic heterocycles. The SMILES string of the molecule is C#Cn1ccnc1-c1ccccc1C. The fraction of sp³-hybridized carbons (Fsp3) is 0.0833. The summed E-state index contributed by atoms with van der Waals surface area (Å²) in [4.78, 5) is 4.24. The van der Waals surface area contributed by atoms with Crippen molar-refractivity contribution in [1.82, 2.24) is 9.55 Å². The summed E-state index contributed by atoms with van der Waals surface area (Å²) in [5.41, 5.74) is 2.26. The van der Waals surface area contributed by atoms with Crippen LogP contribution in [-0.2, 0) is 0 Å². The monoisotopic (exact) mass is 182 g/mol. The van der Waals surface area contributed by atoms with Gasteiger partial charge in [-0.1, -0.05) is 30.7 Å². The third kappa shape index (κ3) is 1.29. The van der Waals surface area contributed by atoms with Gasteiger partial charge in [0.25, 0.3) is 0 Å². The summed E-state index contributed by atoms with van der Waals surface area (Å²) in [5.74, 6) is 0.825. The fourth-order valence-electron chi connectivity index (χ4n) is 1.43. The van der Waals surface area contributed by atoms with Crippen LogP contribution < -0.4 is 0 Å². The number of aromatic nitrogens is 2. The van der Waals surface area contributed by atoms with Crippen LogP contribution in [0.5, 0.6) is 0 Å². The van der Waals surface area contributed by atoms with Gasteiger partial charge in [0.15, 0.2) is 5.82 Å². The molecule has 0 saturated carbocycles. The number of aryl methyl sites for hydroxylation is 1. The van der Waals surface area contributed by atoms with E-state index in [9.17, 15) is 0 Å². The predicted octanol–water partition coefficient (Wildman–Crippen LogP) is 2.30. The standard InChI is InChI=1S/C12H10N2/c1-3-14-9-8-13-12(14)11-7-5-4-6-10(11)2/h1,4-9H,2H3. The number of benzene rings is 1. The first-order valence-electron chi connectivity index (χ1n) is 4.39. The fourth-order valence-corrected chi connectivity index (χ4v) is 1.43. The Kier molecular flexibility index (Phi) is 2.08. The Labute approximate surface area is 83.2 Å². The van der Waals surface area contributed by atoms with Gasteiger partial charge in [0, 0.05) is 24.0 Å². The number of rotatable bonds is 1. The van der Waals surface area contributed by atoms with E-state index in [-0.39, 0.29) is 0 Å². The predicted molar refractivity (Wildman–Crippen MR) is 56.6 cm³/mol. The minimum absolute atomic E-state index is 0.825. The van der Waals surface area contributed by atoms with Crippen molar-refractivity contribution in [2.24, 2.45) is 0 Å². The average Bonchev–Trinajstić information content (AvgIpc) is 2.66. The van der Waals surface area contributed by atoms with E-state index < -0.39 is 0 Å². The maximum absolute atomic E-state index is 5.36. The molecule has 0 spiro atoms. The molecule has 0 amide bonds. The van der Waals surface area contributed by atoms with Crippen molar-refractivity contribution in [3.8, 4) is 23.9 Å². The maximum Gasteiger partial charge on any atom is 0.151 e. The molecule has 0 radical (unpaired) electrons. The highest BCUT2D eigenvalue weighted by molar-refractivity contribution is 5.61. The highest BCUT2D eigenvalue weighted by Crippen LogP contribution is 2.20. The summed E-state index contributed by atoms with van der Waals surface area (Å²) >= 11 is 0. The van der Waals surface area contributed by atoms with Gasteiger partial charge in [0.1, 0.15) is 0 Å². The van der Waals surface area contributed by atoms with E-state index in [4.69, 9.17) is 6.42 Å². The molecule has 0 N–H and O–H groups in total. The third-order valence-electron chi connectivity index (χ3n) is 2.17. The Morgan fingerprint density at radius 2 is 2.14 bits per heavy atom. The largest absolute Gasteiger partial charge is 0.259 e. The van der Waals surface area contributed by atoms with E-state index in [1.54, 1.807) is 17.0 Å². The van der Waals surface area contributed by atoms with Crippen LogP contribution in [0, 0.1) is 19.4 Å². The van der Waals surface area contributed by atoms with Crippen LogP contribution in [0.25, 0.3) is 11.4 Å². The number of hydrogen-bond acceptors (Lipinski definition) is 1. The van der Waals surface area contributed by atoms with Crippen LogP contribution >= 0.6 is 0 Å². The van der Waals surface area contributed by atoms with E-state index in [1.807, 2.05) is 31.2 Å². The molecular weight excluding hydrogens is 172 g/mol. The molecule has 2 nitrogen and oxygen atoms in total. The van der Waals surface area contributed by atoms with Crippen molar-refractivity contribution in [3.05, 3.63) is 42.2 Å².